The first-order valence-corrected chi connectivity index (χ1v) is 7.10. The van der Waals surface area contributed by atoms with Crippen LogP contribution in [0.1, 0.15) is 35.3 Å². The molecule has 2 rings (SSSR count). The zero-order chi connectivity index (χ0) is 14.5. The largest absolute Gasteiger partial charge is 0.387 e. The van der Waals surface area contributed by atoms with Crippen molar-refractivity contribution in [3.8, 4) is 0 Å². The van der Waals surface area contributed by atoms with Gasteiger partial charge < -0.3 is 10.4 Å². The van der Waals surface area contributed by atoms with Crippen LogP contribution in [0.15, 0.2) is 48.5 Å². The number of aliphatic hydroxyl groups excluding tert-OH is 1. The van der Waals surface area contributed by atoms with Crippen LogP contribution in [0, 0.1) is 13.8 Å². The maximum Gasteiger partial charge on any atom is 0.0940 e. The van der Waals surface area contributed by atoms with Gasteiger partial charge in [0.1, 0.15) is 0 Å². The van der Waals surface area contributed by atoms with Gasteiger partial charge in [0.25, 0.3) is 0 Å². The molecule has 0 bridgehead atoms. The molecule has 2 aromatic rings. The van der Waals surface area contributed by atoms with Crippen LogP contribution in [0.5, 0.6) is 0 Å². The molecule has 106 valence electrons. The van der Waals surface area contributed by atoms with Crippen molar-refractivity contribution in [1.82, 2.24) is 5.32 Å². The zero-order valence-corrected chi connectivity index (χ0v) is 12.4. The quantitative estimate of drug-likeness (QED) is 0.870. The second-order valence-corrected chi connectivity index (χ2v) is 5.44. The van der Waals surface area contributed by atoms with Crippen molar-refractivity contribution >= 4 is 0 Å². The molecule has 0 aliphatic heterocycles. The van der Waals surface area contributed by atoms with Crippen LogP contribution < -0.4 is 5.32 Å². The monoisotopic (exact) mass is 269 g/mol. The molecule has 2 N–H and O–H groups in total. The predicted octanol–water partition coefficient (Wildman–Crippen LogP) is 3.52. The molecule has 0 saturated carbocycles. The van der Waals surface area contributed by atoms with Crippen LogP contribution in [0.4, 0.5) is 0 Å². The molecule has 2 unspecified atom stereocenters. The van der Waals surface area contributed by atoms with Crippen molar-refractivity contribution < 1.29 is 5.11 Å². The number of nitrogens with one attached hydrogen (secondary N) is 1. The normalized spacial score (nSPS) is 14.0. The predicted molar refractivity (Wildman–Crippen MR) is 83.6 cm³/mol. The second kappa shape index (κ2) is 6.69. The highest BCUT2D eigenvalue weighted by molar-refractivity contribution is 5.31. The zero-order valence-electron chi connectivity index (χ0n) is 12.4. The Bertz CT molecular complexity index is 551. The van der Waals surface area contributed by atoms with Gasteiger partial charge in [-0.1, -0.05) is 48.5 Å². The minimum Gasteiger partial charge on any atom is -0.387 e. The summed E-state index contributed by atoms with van der Waals surface area (Å²) in [6.07, 6.45) is -0.488. The Balaban J connectivity index is 1.97. The third kappa shape index (κ3) is 3.69. The molecule has 0 heterocycles. The summed E-state index contributed by atoms with van der Waals surface area (Å²) in [4.78, 5) is 0. The number of hydrogen-bond acceptors (Lipinski definition) is 2. The molecule has 20 heavy (non-hydrogen) atoms. The van der Waals surface area contributed by atoms with Crippen molar-refractivity contribution in [1.29, 1.82) is 0 Å². The van der Waals surface area contributed by atoms with E-state index in [1.165, 1.54) is 16.7 Å². The van der Waals surface area contributed by atoms with Gasteiger partial charge in [-0.3, -0.25) is 0 Å². The molecule has 0 aliphatic carbocycles. The lowest BCUT2D eigenvalue weighted by Crippen LogP contribution is -2.31. The first-order chi connectivity index (χ1) is 9.58. The molecule has 2 atom stereocenters. The summed E-state index contributed by atoms with van der Waals surface area (Å²) in [6.45, 7) is 6.95. The lowest BCUT2D eigenvalue weighted by Gasteiger charge is -2.21. The number of aryl methyl sites for hydroxylation is 2. The molecular weight excluding hydrogens is 246 g/mol. The Morgan fingerprint density at radius 1 is 1.00 bits per heavy atom. The van der Waals surface area contributed by atoms with Gasteiger partial charge in [0, 0.05) is 12.6 Å². The van der Waals surface area contributed by atoms with Crippen LogP contribution in [0.3, 0.4) is 0 Å². The Morgan fingerprint density at radius 2 is 1.70 bits per heavy atom. The molecule has 0 spiro atoms. The van der Waals surface area contributed by atoms with Gasteiger partial charge >= 0.3 is 0 Å². The fraction of sp³-hybridized carbons (Fsp3) is 0.333. The standard InChI is InChI=1S/C18H23NO/c1-13-9-10-17(11-14(13)2)18(20)15(3)19-12-16-7-5-4-6-8-16/h4-11,15,18-20H,12H2,1-3H3. The third-order valence-electron chi connectivity index (χ3n) is 3.82. The Labute approximate surface area is 121 Å². The van der Waals surface area contributed by atoms with Gasteiger partial charge in [0.15, 0.2) is 0 Å². The van der Waals surface area contributed by atoms with Crippen LogP contribution in [0.25, 0.3) is 0 Å². The number of rotatable bonds is 5. The average molecular weight is 269 g/mol. The van der Waals surface area contributed by atoms with Gasteiger partial charge in [-0.25, -0.2) is 0 Å². The maximum atomic E-state index is 10.4. The van der Waals surface area contributed by atoms with Crippen molar-refractivity contribution in [2.24, 2.45) is 0 Å². The highest BCUT2D eigenvalue weighted by Crippen LogP contribution is 2.20. The van der Waals surface area contributed by atoms with E-state index in [0.717, 1.165) is 12.1 Å². The smallest absolute Gasteiger partial charge is 0.0940 e. The molecule has 0 aromatic heterocycles. The summed E-state index contributed by atoms with van der Waals surface area (Å²) < 4.78 is 0. The summed E-state index contributed by atoms with van der Waals surface area (Å²) in [5.41, 5.74) is 4.68. The van der Waals surface area contributed by atoms with Gasteiger partial charge in [-0.05, 0) is 43.0 Å². The van der Waals surface area contributed by atoms with E-state index in [2.05, 4.69) is 43.4 Å². The number of aliphatic hydroxyl groups is 1. The van der Waals surface area contributed by atoms with Gasteiger partial charge in [-0.2, -0.15) is 0 Å². The molecule has 2 aromatic carbocycles. The Morgan fingerprint density at radius 3 is 2.35 bits per heavy atom. The topological polar surface area (TPSA) is 32.3 Å². The average Bonchev–Trinajstić information content (AvgIpc) is 2.48. The number of benzene rings is 2. The number of hydrogen-bond donors (Lipinski definition) is 2. The minimum atomic E-state index is -0.488. The van der Waals surface area contributed by atoms with E-state index < -0.39 is 6.10 Å². The van der Waals surface area contributed by atoms with E-state index in [-0.39, 0.29) is 6.04 Å². The molecule has 0 radical (unpaired) electrons. The van der Waals surface area contributed by atoms with Crippen LogP contribution in [-0.4, -0.2) is 11.1 Å². The van der Waals surface area contributed by atoms with Crippen molar-refractivity contribution in [3.05, 3.63) is 70.8 Å². The lowest BCUT2D eigenvalue weighted by atomic mass is 9.99. The highest BCUT2D eigenvalue weighted by atomic mass is 16.3. The molecule has 0 aliphatic rings. The van der Waals surface area contributed by atoms with Crippen molar-refractivity contribution in [2.75, 3.05) is 0 Å². The summed E-state index contributed by atoms with van der Waals surface area (Å²) in [7, 11) is 0. The van der Waals surface area contributed by atoms with E-state index in [1.54, 1.807) is 0 Å². The van der Waals surface area contributed by atoms with Crippen LogP contribution >= 0.6 is 0 Å². The van der Waals surface area contributed by atoms with Crippen LogP contribution in [0.2, 0.25) is 0 Å². The Hall–Kier alpha value is -1.64. The lowest BCUT2D eigenvalue weighted by molar-refractivity contribution is 0.135. The third-order valence-corrected chi connectivity index (χ3v) is 3.82. The molecular formula is C18H23NO. The first kappa shape index (κ1) is 14.8. The van der Waals surface area contributed by atoms with Gasteiger partial charge in [0.05, 0.1) is 6.10 Å². The second-order valence-electron chi connectivity index (χ2n) is 5.44. The molecule has 0 fully saturated rings. The highest BCUT2D eigenvalue weighted by Gasteiger charge is 2.16. The van der Waals surface area contributed by atoms with Crippen LogP contribution in [-0.2, 0) is 6.54 Å². The molecule has 2 nitrogen and oxygen atoms in total. The maximum absolute atomic E-state index is 10.4. The SMILES string of the molecule is Cc1ccc(C(O)C(C)NCc2ccccc2)cc1C. The molecule has 2 heteroatoms. The minimum absolute atomic E-state index is 0.0114. The summed E-state index contributed by atoms with van der Waals surface area (Å²) in [5, 5.41) is 13.8. The van der Waals surface area contributed by atoms with E-state index in [4.69, 9.17) is 0 Å². The van der Waals surface area contributed by atoms with E-state index >= 15 is 0 Å². The molecule has 0 amide bonds. The Kier molecular flexibility index (Phi) is 4.94. The summed E-state index contributed by atoms with van der Waals surface area (Å²) in [5.74, 6) is 0. The summed E-state index contributed by atoms with van der Waals surface area (Å²) >= 11 is 0. The fourth-order valence-corrected chi connectivity index (χ4v) is 2.22. The fourth-order valence-electron chi connectivity index (χ4n) is 2.22. The van der Waals surface area contributed by atoms with Gasteiger partial charge in [0.2, 0.25) is 0 Å². The van der Waals surface area contributed by atoms with E-state index in [1.807, 2.05) is 31.2 Å². The van der Waals surface area contributed by atoms with Crippen molar-refractivity contribution in [2.45, 2.75) is 39.5 Å². The summed E-state index contributed by atoms with van der Waals surface area (Å²) in [6, 6.07) is 16.4. The van der Waals surface area contributed by atoms with E-state index in [9.17, 15) is 5.11 Å². The van der Waals surface area contributed by atoms with E-state index in [0.29, 0.717) is 0 Å². The molecule has 0 saturated heterocycles. The van der Waals surface area contributed by atoms with Gasteiger partial charge in [-0.15, -0.1) is 0 Å². The first-order valence-electron chi connectivity index (χ1n) is 7.10. The van der Waals surface area contributed by atoms with Crippen molar-refractivity contribution in [3.63, 3.8) is 0 Å².